The number of carbonyl (C=O) groups is 1. The summed E-state index contributed by atoms with van der Waals surface area (Å²) in [4.78, 5) is 12.5. The molecule has 1 amide bonds. The van der Waals surface area contributed by atoms with Crippen molar-refractivity contribution in [2.24, 2.45) is 5.73 Å². The molecule has 1 aliphatic heterocycles. The first-order valence-corrected chi connectivity index (χ1v) is 8.42. The van der Waals surface area contributed by atoms with Crippen LogP contribution in [0.1, 0.15) is 10.4 Å². The number of nitrogens with zero attached hydrogens (tertiary/aromatic N) is 3. The number of aromatic nitrogens is 2. The fourth-order valence-corrected chi connectivity index (χ4v) is 2.87. The monoisotopic (exact) mass is 372 g/mol. The van der Waals surface area contributed by atoms with Crippen LogP contribution in [0.3, 0.4) is 0 Å². The summed E-state index contributed by atoms with van der Waals surface area (Å²) in [7, 11) is 0. The van der Waals surface area contributed by atoms with Gasteiger partial charge in [-0.15, -0.1) is 10.4 Å². The van der Waals surface area contributed by atoms with Crippen molar-refractivity contribution in [1.82, 2.24) is 5.10 Å². The van der Waals surface area contributed by atoms with E-state index in [4.69, 9.17) is 21.5 Å². The first-order chi connectivity index (χ1) is 13.6. The minimum atomic E-state index is -0.673. The molecule has 3 aromatic rings. The zero-order chi connectivity index (χ0) is 19.7. The summed E-state index contributed by atoms with van der Waals surface area (Å²) in [5.41, 5.74) is 13.4. The quantitative estimate of drug-likeness (QED) is 0.343. The van der Waals surface area contributed by atoms with Crippen molar-refractivity contribution >= 4 is 17.4 Å². The van der Waals surface area contributed by atoms with E-state index in [2.05, 4.69) is 5.10 Å². The normalized spacial score (nSPS) is 15.0. The van der Waals surface area contributed by atoms with E-state index in [0.29, 0.717) is 27.6 Å². The van der Waals surface area contributed by atoms with Gasteiger partial charge in [0.2, 0.25) is 5.82 Å². The molecule has 4 rings (SSSR count). The van der Waals surface area contributed by atoms with Crippen molar-refractivity contribution in [3.05, 3.63) is 72.9 Å². The highest BCUT2D eigenvalue weighted by atomic mass is 16.5. The maximum atomic E-state index is 12.0. The average Bonchev–Trinajstić information content (AvgIpc) is 3.00. The van der Waals surface area contributed by atoms with E-state index in [9.17, 15) is 4.79 Å². The summed E-state index contributed by atoms with van der Waals surface area (Å²) in [6.45, 7) is 1.63. The molecule has 138 valence electrons. The molecule has 0 fully saturated rings. The maximum absolute atomic E-state index is 12.0. The van der Waals surface area contributed by atoms with Crippen molar-refractivity contribution in [3.8, 4) is 28.9 Å². The summed E-state index contributed by atoms with van der Waals surface area (Å²) in [6, 6.07) is 16.5. The number of carbonyl (C=O) groups excluding carboxylic acids is 1. The highest BCUT2D eigenvalue weighted by Crippen LogP contribution is 2.28. The number of primary amides is 1. The number of nitrogens with one attached hydrogen (secondary N) is 1. The van der Waals surface area contributed by atoms with Gasteiger partial charge >= 0.3 is 0 Å². The molecule has 0 spiro atoms. The number of hydrogen-bond donors (Lipinski definition) is 3. The van der Waals surface area contributed by atoms with Crippen LogP contribution < -0.4 is 25.8 Å². The lowest BCUT2D eigenvalue weighted by atomic mass is 10.1. The lowest BCUT2D eigenvalue weighted by molar-refractivity contribution is -0.779. The summed E-state index contributed by atoms with van der Waals surface area (Å²) < 4.78 is 7.18. The molecule has 5 N–H and O–H groups in total. The van der Waals surface area contributed by atoms with E-state index < -0.39 is 5.91 Å². The van der Waals surface area contributed by atoms with E-state index >= 15 is 0 Å². The minimum absolute atomic E-state index is 0.131. The maximum Gasteiger partial charge on any atom is 0.283 e. The number of hydrogen-bond acceptors (Lipinski definition) is 5. The molecule has 28 heavy (non-hydrogen) atoms. The Morgan fingerprint density at radius 1 is 1.18 bits per heavy atom. The molecule has 1 atom stereocenters. The Hall–Kier alpha value is -4.22. The molecule has 2 aromatic carbocycles. The Bertz CT molecular complexity index is 1110. The Morgan fingerprint density at radius 2 is 1.82 bits per heavy atom. The third-order valence-electron chi connectivity index (χ3n) is 4.25. The first kappa shape index (κ1) is 17.2. The zero-order valence-corrected chi connectivity index (χ0v) is 14.7. The van der Waals surface area contributed by atoms with Gasteiger partial charge in [0, 0.05) is 11.3 Å². The van der Waals surface area contributed by atoms with Gasteiger partial charge in [0.05, 0.1) is 5.69 Å². The van der Waals surface area contributed by atoms with Gasteiger partial charge < -0.3 is 25.9 Å². The molecule has 8 heteroatoms. The van der Waals surface area contributed by atoms with Crippen molar-refractivity contribution in [3.63, 3.8) is 0 Å². The molecule has 0 saturated heterocycles. The molecule has 0 radical (unpaired) electrons. The topological polar surface area (TPSA) is 123 Å². The lowest BCUT2D eigenvalue weighted by Gasteiger charge is -2.28. The summed E-state index contributed by atoms with van der Waals surface area (Å²) in [5, 5.41) is 13.3. The number of para-hydroxylation sites is 1. The van der Waals surface area contributed by atoms with Crippen LogP contribution in [0.4, 0.5) is 5.82 Å². The second-order valence-corrected chi connectivity index (χ2v) is 6.11. The Morgan fingerprint density at radius 3 is 2.43 bits per heavy atom. The number of nitrogens with two attached hydrogens (primary N) is 2. The predicted octanol–water partition coefficient (Wildman–Crippen LogP) is 0.568. The molecule has 1 unspecified atom stereocenters. The fraction of sp³-hybridized carbons (Fsp3) is 0. The van der Waals surface area contributed by atoms with Crippen LogP contribution in [0.2, 0.25) is 0 Å². The minimum Gasteiger partial charge on any atom is -0.457 e. The molecule has 0 saturated carbocycles. The number of nitriles is 1. The lowest BCUT2D eigenvalue weighted by Crippen LogP contribution is -3.05. The van der Waals surface area contributed by atoms with Crippen LogP contribution >= 0.6 is 0 Å². The van der Waals surface area contributed by atoms with Crippen LogP contribution in [-0.2, 0) is 0 Å². The molecule has 2 heterocycles. The van der Waals surface area contributed by atoms with Gasteiger partial charge in [-0.05, 0) is 42.6 Å². The largest absolute Gasteiger partial charge is 0.457 e. The molecule has 1 aliphatic rings. The standard InChI is InChI=1S/C20H16N6O2/c21-12-25-10-14(11-25)26-19(22)17(20(23)27)18(24-26)13-6-8-16(9-7-13)28-15-4-2-1-3-5-15/h1-11,25H,22H2,(H2,23,27). The average molecular weight is 372 g/mol. The Labute approximate surface area is 160 Å². The van der Waals surface area contributed by atoms with Crippen LogP contribution in [-0.4, -0.2) is 11.0 Å². The van der Waals surface area contributed by atoms with Gasteiger partial charge in [0.1, 0.15) is 11.5 Å². The zero-order valence-electron chi connectivity index (χ0n) is 14.7. The van der Waals surface area contributed by atoms with Gasteiger partial charge in [-0.3, -0.25) is 0 Å². The van der Waals surface area contributed by atoms with Crippen molar-refractivity contribution in [1.29, 1.82) is 5.26 Å². The SMILES string of the molecule is N#C[NH+]1C=C([n+]2nc(-c3ccc(Oc4ccccc4)cc3)c(C(N)=O)[c-]2N)[CH-]1. The Kier molecular flexibility index (Phi) is 4.20. The molecule has 8 nitrogen and oxygen atoms in total. The first-order valence-electron chi connectivity index (χ1n) is 8.42. The number of nitrogen functional groups attached to an aromatic ring is 1. The molecule has 1 aromatic heterocycles. The molecule has 0 bridgehead atoms. The van der Waals surface area contributed by atoms with E-state index in [-0.39, 0.29) is 11.4 Å². The predicted molar refractivity (Wildman–Crippen MR) is 100 cm³/mol. The second-order valence-electron chi connectivity index (χ2n) is 6.11. The van der Waals surface area contributed by atoms with Crippen molar-refractivity contribution < 1.29 is 19.1 Å². The summed E-state index contributed by atoms with van der Waals surface area (Å²) in [6.07, 6.45) is 3.65. The van der Waals surface area contributed by atoms with Crippen LogP contribution in [0.25, 0.3) is 17.0 Å². The fourth-order valence-electron chi connectivity index (χ4n) is 2.87. The van der Waals surface area contributed by atoms with E-state index in [0.717, 1.165) is 5.75 Å². The summed E-state index contributed by atoms with van der Waals surface area (Å²) in [5.74, 6) is 0.823. The van der Waals surface area contributed by atoms with Crippen molar-refractivity contribution in [2.75, 3.05) is 5.73 Å². The molecule has 0 aliphatic carbocycles. The van der Waals surface area contributed by atoms with Crippen LogP contribution in [0, 0.1) is 18.0 Å². The van der Waals surface area contributed by atoms with Gasteiger partial charge in [-0.2, -0.15) is 0 Å². The van der Waals surface area contributed by atoms with E-state index in [1.807, 2.05) is 36.5 Å². The highest BCUT2D eigenvalue weighted by molar-refractivity contribution is 6.02. The number of ether oxygens (including phenoxy) is 1. The molecular formula is C20H16N6O2. The van der Waals surface area contributed by atoms with Crippen LogP contribution in [0.15, 0.2) is 60.8 Å². The Balaban J connectivity index is 1.67. The van der Waals surface area contributed by atoms with Gasteiger partial charge in [0.15, 0.2) is 5.91 Å². The van der Waals surface area contributed by atoms with Crippen LogP contribution in [0.5, 0.6) is 11.5 Å². The van der Waals surface area contributed by atoms with Gasteiger partial charge in [0.25, 0.3) is 6.19 Å². The summed E-state index contributed by atoms with van der Waals surface area (Å²) >= 11 is 0. The smallest absolute Gasteiger partial charge is 0.283 e. The van der Waals surface area contributed by atoms with Crippen molar-refractivity contribution in [2.45, 2.75) is 0 Å². The van der Waals surface area contributed by atoms with Gasteiger partial charge in [-0.25, -0.2) is 4.68 Å². The van der Waals surface area contributed by atoms with Gasteiger partial charge in [-0.1, -0.05) is 30.3 Å². The number of quaternary nitrogens is 1. The highest BCUT2D eigenvalue weighted by Gasteiger charge is 2.23. The third kappa shape index (κ3) is 3.02. The second kappa shape index (κ2) is 6.83. The third-order valence-corrected chi connectivity index (χ3v) is 4.25. The number of rotatable bonds is 5. The van der Waals surface area contributed by atoms with E-state index in [1.165, 1.54) is 4.68 Å². The number of amides is 1. The van der Waals surface area contributed by atoms with E-state index in [1.54, 1.807) is 37.0 Å². The molecular weight excluding hydrogens is 356 g/mol. The number of anilines is 1. The number of benzene rings is 2.